The second-order valence-electron chi connectivity index (χ2n) is 17.3. The Bertz CT molecular complexity index is 3230. The fraction of sp³-hybridized carbons (Fsp3) is 0.103. The second kappa shape index (κ2) is 13.4. The summed E-state index contributed by atoms with van der Waals surface area (Å²) in [5, 5.41) is 2.51. The molecule has 0 spiro atoms. The van der Waals surface area contributed by atoms with Crippen molar-refractivity contribution in [3.05, 3.63) is 216 Å². The molecule has 286 valence electrons. The number of para-hydroxylation sites is 2. The number of hydrogen-bond donors (Lipinski definition) is 1. The minimum absolute atomic E-state index is 0.209. The highest BCUT2D eigenvalue weighted by Gasteiger charge is 2.37. The van der Waals surface area contributed by atoms with Gasteiger partial charge in [-0.25, -0.2) is 0 Å². The van der Waals surface area contributed by atoms with Gasteiger partial charge in [0.05, 0.1) is 11.0 Å². The van der Waals surface area contributed by atoms with Crippen LogP contribution in [0.15, 0.2) is 194 Å². The average Bonchev–Trinajstić information content (AvgIpc) is 3.94. The van der Waals surface area contributed by atoms with Gasteiger partial charge in [0.15, 0.2) is 0 Å². The van der Waals surface area contributed by atoms with Crippen molar-refractivity contribution in [2.45, 2.75) is 38.5 Å². The summed E-state index contributed by atoms with van der Waals surface area (Å²) in [6.45, 7) is 4.80. The molecule has 1 N–H and O–H groups in total. The zero-order valence-corrected chi connectivity index (χ0v) is 34.0. The molecule has 1 heterocycles. The summed E-state index contributed by atoms with van der Waals surface area (Å²) in [5.41, 5.74) is 24.2. The highest BCUT2D eigenvalue weighted by Crippen LogP contribution is 2.52. The third-order valence-corrected chi connectivity index (χ3v) is 13.5. The Morgan fingerprint density at radius 1 is 0.467 bits per heavy atom. The molecular weight excluding hydrogens is 725 g/mol. The first kappa shape index (κ1) is 34.8. The molecule has 0 atom stereocenters. The van der Waals surface area contributed by atoms with Gasteiger partial charge in [0.2, 0.25) is 0 Å². The fourth-order valence-corrected chi connectivity index (χ4v) is 10.5. The van der Waals surface area contributed by atoms with Crippen LogP contribution in [0, 0.1) is 0 Å². The summed E-state index contributed by atoms with van der Waals surface area (Å²) < 4.78 is 0. The van der Waals surface area contributed by atoms with E-state index in [2.05, 4.69) is 212 Å². The van der Waals surface area contributed by atoms with Crippen LogP contribution in [0.2, 0.25) is 0 Å². The molecule has 3 aliphatic carbocycles. The van der Waals surface area contributed by atoms with Crippen molar-refractivity contribution in [1.82, 2.24) is 4.98 Å². The Labute approximate surface area is 351 Å². The number of fused-ring (bicyclic) bond motifs is 8. The number of nitrogens with zero attached hydrogens (tertiary/aromatic N) is 1. The Balaban J connectivity index is 0.958. The summed E-state index contributed by atoms with van der Waals surface area (Å²) in [6, 6.07) is 65.3. The fourth-order valence-electron chi connectivity index (χ4n) is 10.5. The highest BCUT2D eigenvalue weighted by atomic mass is 15.1. The molecule has 0 saturated carbocycles. The molecule has 2 heteroatoms. The van der Waals surface area contributed by atoms with E-state index in [0.29, 0.717) is 0 Å². The topological polar surface area (TPSA) is 19.0 Å². The van der Waals surface area contributed by atoms with Gasteiger partial charge in [-0.2, -0.15) is 0 Å². The first-order valence-corrected chi connectivity index (χ1v) is 21.4. The Morgan fingerprint density at radius 3 is 1.78 bits per heavy atom. The van der Waals surface area contributed by atoms with Gasteiger partial charge in [-0.05, 0) is 123 Å². The van der Waals surface area contributed by atoms with Crippen LogP contribution in [0.3, 0.4) is 0 Å². The number of rotatable bonds is 6. The summed E-state index contributed by atoms with van der Waals surface area (Å²) >= 11 is 0. The zero-order valence-electron chi connectivity index (χ0n) is 34.0. The largest absolute Gasteiger partial charge is 0.353 e. The van der Waals surface area contributed by atoms with Gasteiger partial charge in [0.25, 0.3) is 0 Å². The van der Waals surface area contributed by atoms with E-state index in [1.807, 2.05) is 0 Å². The molecule has 0 bridgehead atoms. The van der Waals surface area contributed by atoms with Gasteiger partial charge in [-0.1, -0.05) is 165 Å². The van der Waals surface area contributed by atoms with Crippen LogP contribution in [0.25, 0.3) is 71.9 Å². The second-order valence-corrected chi connectivity index (χ2v) is 17.3. The molecular formula is C58H44N2. The molecule has 60 heavy (non-hydrogen) atoms. The number of anilines is 3. The lowest BCUT2D eigenvalue weighted by Gasteiger charge is -2.29. The number of benzene rings is 8. The summed E-state index contributed by atoms with van der Waals surface area (Å²) in [5.74, 6) is 0. The molecule has 8 aromatic carbocycles. The summed E-state index contributed by atoms with van der Waals surface area (Å²) in [6.07, 6.45) is 8.07. The van der Waals surface area contributed by atoms with Crippen molar-refractivity contribution >= 4 is 44.4 Å². The molecule has 3 aliphatic rings. The quantitative estimate of drug-likeness (QED) is 0.178. The van der Waals surface area contributed by atoms with E-state index in [1.54, 1.807) is 5.57 Å². The van der Waals surface area contributed by atoms with Gasteiger partial charge >= 0.3 is 0 Å². The average molecular weight is 769 g/mol. The normalized spacial score (nSPS) is 14.6. The van der Waals surface area contributed by atoms with Crippen molar-refractivity contribution < 1.29 is 0 Å². The van der Waals surface area contributed by atoms with E-state index in [0.717, 1.165) is 24.9 Å². The van der Waals surface area contributed by atoms with Gasteiger partial charge in [0, 0.05) is 44.4 Å². The van der Waals surface area contributed by atoms with Crippen molar-refractivity contribution in [1.29, 1.82) is 0 Å². The number of aromatic amines is 1. The van der Waals surface area contributed by atoms with Gasteiger partial charge in [-0.15, -0.1) is 0 Å². The SMILES string of the molecule is CC1(C)c2cc(-c3cccc4c3[nH]c3c(-c5ccccc5)cccc34)ccc2-c2ccc(N(c3ccc(-c4ccccc4)cc3)c3ccc4c(c3)C3=C(CCC=C3)C4)cc21. The third kappa shape index (κ3) is 5.41. The van der Waals surface area contributed by atoms with Crippen LogP contribution in [0.5, 0.6) is 0 Å². The molecule has 1 aromatic heterocycles. The van der Waals surface area contributed by atoms with Crippen molar-refractivity contribution in [3.8, 4) is 44.5 Å². The molecule has 0 radical (unpaired) electrons. The van der Waals surface area contributed by atoms with E-state index in [9.17, 15) is 0 Å². The minimum Gasteiger partial charge on any atom is -0.353 e. The van der Waals surface area contributed by atoms with E-state index in [1.165, 1.54) is 106 Å². The van der Waals surface area contributed by atoms with Gasteiger partial charge in [0.1, 0.15) is 0 Å². The van der Waals surface area contributed by atoms with E-state index < -0.39 is 0 Å². The predicted molar refractivity (Wildman–Crippen MR) is 253 cm³/mol. The molecule has 9 aromatic rings. The number of nitrogens with one attached hydrogen (secondary N) is 1. The highest BCUT2D eigenvalue weighted by molar-refractivity contribution is 6.15. The van der Waals surface area contributed by atoms with Crippen molar-refractivity contribution in [3.63, 3.8) is 0 Å². The van der Waals surface area contributed by atoms with E-state index >= 15 is 0 Å². The maximum atomic E-state index is 3.90. The molecule has 2 nitrogen and oxygen atoms in total. The first-order valence-electron chi connectivity index (χ1n) is 21.4. The Morgan fingerprint density at radius 2 is 1.05 bits per heavy atom. The molecule has 0 unspecified atom stereocenters. The lowest BCUT2D eigenvalue weighted by molar-refractivity contribution is 0.660. The van der Waals surface area contributed by atoms with Crippen LogP contribution < -0.4 is 4.90 Å². The smallest absolute Gasteiger partial charge is 0.0544 e. The predicted octanol–water partition coefficient (Wildman–Crippen LogP) is 15.8. The van der Waals surface area contributed by atoms with Crippen LogP contribution in [-0.4, -0.2) is 4.98 Å². The lowest BCUT2D eigenvalue weighted by Crippen LogP contribution is -2.17. The lowest BCUT2D eigenvalue weighted by atomic mass is 9.81. The van der Waals surface area contributed by atoms with Crippen LogP contribution in [0.4, 0.5) is 17.1 Å². The molecule has 0 saturated heterocycles. The molecule has 0 fully saturated rings. The third-order valence-electron chi connectivity index (χ3n) is 13.5. The summed E-state index contributed by atoms with van der Waals surface area (Å²) in [7, 11) is 0. The van der Waals surface area contributed by atoms with Gasteiger partial charge in [-0.3, -0.25) is 0 Å². The minimum atomic E-state index is -0.209. The number of allylic oxidation sites excluding steroid dienone is 4. The first-order chi connectivity index (χ1) is 29.5. The number of hydrogen-bond acceptors (Lipinski definition) is 1. The van der Waals surface area contributed by atoms with Crippen LogP contribution >= 0.6 is 0 Å². The van der Waals surface area contributed by atoms with Gasteiger partial charge < -0.3 is 9.88 Å². The van der Waals surface area contributed by atoms with E-state index in [-0.39, 0.29) is 5.41 Å². The monoisotopic (exact) mass is 768 g/mol. The van der Waals surface area contributed by atoms with Crippen molar-refractivity contribution in [2.75, 3.05) is 4.90 Å². The van der Waals surface area contributed by atoms with Crippen LogP contribution in [-0.2, 0) is 11.8 Å². The molecule has 12 rings (SSSR count). The van der Waals surface area contributed by atoms with E-state index in [4.69, 9.17) is 0 Å². The Hall–Kier alpha value is -7.16. The maximum Gasteiger partial charge on any atom is 0.0544 e. The standard InChI is InChI=1S/C58H44N2/c1-58(2)54-34-42(48-20-12-22-52-51-21-11-19-47(56(51)59-57(48)52)39-15-7-4-8-16-39)26-31-49(54)50-32-30-45(36-55(50)58)60(43-27-23-38(24-28-43)37-13-5-3-6-14-37)44-29-25-41-33-40-17-9-10-18-46(40)53(41)35-44/h3-8,10-16,18-32,34-36,59H,9,17,33H2,1-2H3. The van der Waals surface area contributed by atoms with Crippen molar-refractivity contribution in [2.24, 2.45) is 0 Å². The Kier molecular flexibility index (Phi) is 7.81. The molecule has 0 aliphatic heterocycles. The van der Waals surface area contributed by atoms with Crippen LogP contribution in [0.1, 0.15) is 48.9 Å². The zero-order chi connectivity index (χ0) is 40.0. The summed E-state index contributed by atoms with van der Waals surface area (Å²) in [4.78, 5) is 6.36. The maximum absolute atomic E-state index is 3.90. The number of aromatic nitrogens is 1. The molecule has 0 amide bonds. The number of H-pyrrole nitrogens is 1.